The lowest BCUT2D eigenvalue weighted by atomic mass is 10.0. The van der Waals surface area contributed by atoms with Crippen molar-refractivity contribution >= 4 is 23.4 Å². The minimum absolute atomic E-state index is 0.127. The number of imidazole rings is 1. The summed E-state index contributed by atoms with van der Waals surface area (Å²) in [5, 5.41) is 12.5. The zero-order chi connectivity index (χ0) is 20.9. The smallest absolute Gasteiger partial charge is 0.335 e. The van der Waals surface area contributed by atoms with Crippen LogP contribution in [0.5, 0.6) is 0 Å². The maximum Gasteiger partial charge on any atom is 0.335 e. The van der Waals surface area contributed by atoms with Crippen LogP contribution in [0.25, 0.3) is 11.1 Å². The number of nitrogens with two attached hydrogens (primary N) is 1. The molecule has 3 aromatic heterocycles. The van der Waals surface area contributed by atoms with Crippen LogP contribution in [0.3, 0.4) is 0 Å². The number of nitrogens with zero attached hydrogens (tertiary/aromatic N) is 5. The Bertz CT molecular complexity index is 1180. The molecule has 0 bridgehead atoms. The number of hydrogen-bond donors (Lipinski definition) is 3. The number of aryl methyl sites for hydroxylation is 2. The molecule has 0 aliphatic carbocycles. The number of carboxylic acids is 1. The second-order valence-corrected chi connectivity index (χ2v) is 6.58. The molecule has 9 nitrogen and oxygen atoms in total. The van der Waals surface area contributed by atoms with Crippen LogP contribution in [-0.4, -0.2) is 35.6 Å². The summed E-state index contributed by atoms with van der Waals surface area (Å²) in [5.41, 5.74) is 9.07. The molecule has 0 radical (unpaired) electrons. The van der Waals surface area contributed by atoms with Gasteiger partial charge in [-0.3, -0.25) is 4.98 Å². The number of pyridine rings is 1. The van der Waals surface area contributed by atoms with Crippen molar-refractivity contribution in [2.45, 2.75) is 13.0 Å². The van der Waals surface area contributed by atoms with Crippen molar-refractivity contribution in [1.82, 2.24) is 24.5 Å². The van der Waals surface area contributed by atoms with Crippen LogP contribution in [0.2, 0.25) is 0 Å². The van der Waals surface area contributed by atoms with E-state index in [1.165, 1.54) is 6.20 Å². The number of rotatable bonds is 7. The Hall–Kier alpha value is -4.27. The molecule has 150 valence electrons. The molecule has 0 aliphatic rings. The van der Waals surface area contributed by atoms with Crippen LogP contribution in [0, 0.1) is 0 Å². The van der Waals surface area contributed by atoms with Crippen molar-refractivity contribution < 1.29 is 9.90 Å². The zero-order valence-electron chi connectivity index (χ0n) is 15.9. The maximum absolute atomic E-state index is 11.5. The number of aromatic nitrogens is 5. The van der Waals surface area contributed by atoms with Crippen LogP contribution < -0.4 is 11.1 Å². The second kappa shape index (κ2) is 8.39. The minimum Gasteiger partial charge on any atom is -0.478 e. The fraction of sp³-hybridized carbons (Fsp3) is 0.0952. The number of benzene rings is 1. The van der Waals surface area contributed by atoms with E-state index in [-0.39, 0.29) is 11.5 Å². The largest absolute Gasteiger partial charge is 0.478 e. The molecule has 0 saturated carbocycles. The molecule has 0 atom stereocenters. The first kappa shape index (κ1) is 19.1. The average molecular weight is 401 g/mol. The van der Waals surface area contributed by atoms with Crippen LogP contribution in [-0.2, 0) is 13.0 Å². The van der Waals surface area contributed by atoms with E-state index in [1.54, 1.807) is 43.0 Å². The van der Waals surface area contributed by atoms with Gasteiger partial charge in [0.15, 0.2) is 0 Å². The third kappa shape index (κ3) is 4.41. The number of anilines is 3. The first-order chi connectivity index (χ1) is 14.6. The highest BCUT2D eigenvalue weighted by Gasteiger charge is 2.12. The molecular weight excluding hydrogens is 382 g/mol. The van der Waals surface area contributed by atoms with Crippen LogP contribution >= 0.6 is 0 Å². The van der Waals surface area contributed by atoms with Crippen molar-refractivity contribution in [2.24, 2.45) is 0 Å². The van der Waals surface area contributed by atoms with E-state index in [1.807, 2.05) is 22.9 Å². The highest BCUT2D eigenvalue weighted by molar-refractivity contribution is 5.92. The van der Waals surface area contributed by atoms with Gasteiger partial charge in [-0.2, -0.15) is 4.98 Å². The SMILES string of the molecule is Nc1nccc(Nc2cc(C(=O)O)ccc2-c2ccnc(CCn3ccnc3)c2)n1. The van der Waals surface area contributed by atoms with Crippen molar-refractivity contribution in [3.05, 3.63) is 78.8 Å². The molecule has 1 aromatic carbocycles. The van der Waals surface area contributed by atoms with E-state index in [2.05, 4.69) is 25.3 Å². The summed E-state index contributed by atoms with van der Waals surface area (Å²) in [6, 6.07) is 10.5. The Balaban J connectivity index is 1.67. The Labute approximate surface area is 172 Å². The first-order valence-corrected chi connectivity index (χ1v) is 9.22. The predicted molar refractivity (Wildman–Crippen MR) is 112 cm³/mol. The van der Waals surface area contributed by atoms with E-state index in [9.17, 15) is 9.90 Å². The van der Waals surface area contributed by atoms with Gasteiger partial charge < -0.3 is 20.7 Å². The minimum atomic E-state index is -1.01. The van der Waals surface area contributed by atoms with Crippen LogP contribution in [0.15, 0.2) is 67.5 Å². The van der Waals surface area contributed by atoms with Gasteiger partial charge in [0.2, 0.25) is 5.95 Å². The second-order valence-electron chi connectivity index (χ2n) is 6.58. The highest BCUT2D eigenvalue weighted by Crippen LogP contribution is 2.31. The predicted octanol–water partition coefficient (Wildman–Crippen LogP) is 3.00. The third-order valence-corrected chi connectivity index (χ3v) is 4.52. The molecule has 3 heterocycles. The van der Waals surface area contributed by atoms with Crippen molar-refractivity contribution in [3.8, 4) is 11.1 Å². The van der Waals surface area contributed by atoms with Gasteiger partial charge in [0.25, 0.3) is 0 Å². The Morgan fingerprint density at radius 2 is 1.97 bits per heavy atom. The molecule has 0 aliphatic heterocycles. The van der Waals surface area contributed by atoms with Gasteiger partial charge in [0, 0.05) is 54.7 Å². The van der Waals surface area contributed by atoms with Crippen molar-refractivity contribution in [1.29, 1.82) is 0 Å². The lowest BCUT2D eigenvalue weighted by Crippen LogP contribution is -2.03. The number of carbonyl (C=O) groups is 1. The highest BCUT2D eigenvalue weighted by atomic mass is 16.4. The summed E-state index contributed by atoms with van der Waals surface area (Å²) in [5.74, 6) is -0.412. The van der Waals surface area contributed by atoms with E-state index in [4.69, 9.17) is 5.73 Å². The van der Waals surface area contributed by atoms with Gasteiger partial charge in [0.1, 0.15) is 5.82 Å². The van der Waals surface area contributed by atoms with E-state index >= 15 is 0 Å². The molecule has 30 heavy (non-hydrogen) atoms. The molecule has 0 spiro atoms. The van der Waals surface area contributed by atoms with Gasteiger partial charge in [-0.25, -0.2) is 14.8 Å². The Morgan fingerprint density at radius 3 is 2.73 bits per heavy atom. The molecule has 0 fully saturated rings. The Morgan fingerprint density at radius 1 is 1.10 bits per heavy atom. The summed E-state index contributed by atoms with van der Waals surface area (Å²) in [6.45, 7) is 0.764. The third-order valence-electron chi connectivity index (χ3n) is 4.52. The van der Waals surface area contributed by atoms with Gasteiger partial charge in [-0.15, -0.1) is 0 Å². The number of hydrogen-bond acceptors (Lipinski definition) is 7. The van der Waals surface area contributed by atoms with E-state index in [0.717, 1.165) is 29.8 Å². The molecule has 4 aromatic rings. The molecule has 0 amide bonds. The van der Waals surface area contributed by atoms with E-state index < -0.39 is 5.97 Å². The van der Waals surface area contributed by atoms with Crippen molar-refractivity contribution in [3.63, 3.8) is 0 Å². The quantitative estimate of drug-likeness (QED) is 0.431. The van der Waals surface area contributed by atoms with Gasteiger partial charge in [0.05, 0.1) is 11.9 Å². The number of nitrogens with one attached hydrogen (secondary N) is 1. The van der Waals surface area contributed by atoms with Gasteiger partial charge >= 0.3 is 5.97 Å². The molecule has 0 saturated heterocycles. The zero-order valence-corrected chi connectivity index (χ0v) is 15.9. The average Bonchev–Trinajstić information content (AvgIpc) is 3.26. The molecule has 9 heteroatoms. The standard InChI is InChI=1S/C21H19N7O2/c22-21-25-7-4-19(27-21)26-18-12-15(20(29)30)1-2-17(18)14-3-6-24-16(11-14)5-9-28-10-8-23-13-28/h1-4,6-8,10-13H,5,9H2,(H,29,30)(H3,22,25,26,27). The van der Waals surface area contributed by atoms with Gasteiger partial charge in [-0.05, 0) is 35.9 Å². The van der Waals surface area contributed by atoms with Crippen LogP contribution in [0.1, 0.15) is 16.1 Å². The number of nitrogen functional groups attached to an aromatic ring is 1. The summed E-state index contributed by atoms with van der Waals surface area (Å²) >= 11 is 0. The molecular formula is C21H19N7O2. The first-order valence-electron chi connectivity index (χ1n) is 9.22. The topological polar surface area (TPSA) is 132 Å². The number of carboxylic acid groups (broad SMARTS) is 1. The molecule has 4 rings (SSSR count). The van der Waals surface area contributed by atoms with Crippen molar-refractivity contribution in [2.75, 3.05) is 11.1 Å². The fourth-order valence-electron chi connectivity index (χ4n) is 3.06. The van der Waals surface area contributed by atoms with E-state index in [0.29, 0.717) is 11.5 Å². The number of aromatic carboxylic acids is 1. The summed E-state index contributed by atoms with van der Waals surface area (Å²) in [7, 11) is 0. The molecule has 0 unspecified atom stereocenters. The summed E-state index contributed by atoms with van der Waals surface area (Å²) < 4.78 is 1.99. The summed E-state index contributed by atoms with van der Waals surface area (Å²) in [4.78, 5) is 28.0. The fourth-order valence-corrected chi connectivity index (χ4v) is 3.06. The normalized spacial score (nSPS) is 10.7. The maximum atomic E-state index is 11.5. The lowest BCUT2D eigenvalue weighted by Gasteiger charge is -2.14. The molecule has 4 N–H and O–H groups in total. The Kier molecular flexibility index (Phi) is 5.33. The monoisotopic (exact) mass is 401 g/mol. The lowest BCUT2D eigenvalue weighted by molar-refractivity contribution is 0.0697. The summed E-state index contributed by atoms with van der Waals surface area (Å²) in [6.07, 6.45) is 9.43. The van der Waals surface area contributed by atoms with Gasteiger partial charge in [-0.1, -0.05) is 6.07 Å². The van der Waals surface area contributed by atoms with Crippen LogP contribution in [0.4, 0.5) is 17.5 Å².